The molecule has 2 saturated carbocycles. The van der Waals surface area contributed by atoms with Crippen LogP contribution in [0.2, 0.25) is 0 Å². The van der Waals surface area contributed by atoms with Gasteiger partial charge < -0.3 is 20.1 Å². The van der Waals surface area contributed by atoms with E-state index in [1.807, 2.05) is 37.3 Å². The first-order chi connectivity index (χ1) is 14.5. The molecule has 3 aromatic rings. The summed E-state index contributed by atoms with van der Waals surface area (Å²) in [6.07, 6.45) is -0.114. The van der Waals surface area contributed by atoms with E-state index in [1.165, 1.54) is 0 Å². The lowest BCUT2D eigenvalue weighted by molar-refractivity contribution is -0.132. The first-order valence-electron chi connectivity index (χ1n) is 9.84. The molecule has 8 heteroatoms. The van der Waals surface area contributed by atoms with Gasteiger partial charge in [0.15, 0.2) is 5.65 Å². The predicted molar refractivity (Wildman–Crippen MR) is 108 cm³/mol. The minimum atomic E-state index is -1.13. The maximum absolute atomic E-state index is 12.4. The molecule has 2 fully saturated rings. The van der Waals surface area contributed by atoms with Crippen LogP contribution >= 0.6 is 0 Å². The van der Waals surface area contributed by atoms with Gasteiger partial charge in [0.2, 0.25) is 11.7 Å². The first kappa shape index (κ1) is 18.7. The fraction of sp³-hybridized carbons (Fsp3) is 0.364. The first-order valence-corrected chi connectivity index (χ1v) is 9.84. The van der Waals surface area contributed by atoms with E-state index in [-0.39, 0.29) is 11.8 Å². The fourth-order valence-electron chi connectivity index (χ4n) is 4.77. The van der Waals surface area contributed by atoms with Crippen LogP contribution in [0.25, 0.3) is 11.2 Å². The van der Waals surface area contributed by atoms with E-state index >= 15 is 0 Å². The molecule has 30 heavy (non-hydrogen) atoms. The number of nitrogens with zero attached hydrogens (tertiary/aromatic N) is 4. The molecule has 0 aliphatic heterocycles. The Kier molecular flexibility index (Phi) is 4.13. The third-order valence-corrected chi connectivity index (χ3v) is 6.33. The number of aryl methyl sites for hydroxylation is 1. The lowest BCUT2D eigenvalue weighted by Crippen LogP contribution is -2.41. The number of aliphatic hydroxyl groups excluding tert-OH is 2. The molecule has 5 atom stereocenters. The number of carbonyl (C=O) groups excluding carboxylic acids is 1. The second-order valence-corrected chi connectivity index (χ2v) is 7.93. The predicted octanol–water partition coefficient (Wildman–Crippen LogP) is 0.563. The van der Waals surface area contributed by atoms with Gasteiger partial charge in [-0.15, -0.1) is 0 Å². The zero-order chi connectivity index (χ0) is 21.0. The van der Waals surface area contributed by atoms with Gasteiger partial charge in [-0.2, -0.15) is 0 Å². The van der Waals surface area contributed by atoms with Crippen molar-refractivity contribution in [2.75, 3.05) is 7.05 Å². The highest BCUT2D eigenvalue weighted by molar-refractivity contribution is 5.87. The Morgan fingerprint density at radius 1 is 1.23 bits per heavy atom. The van der Waals surface area contributed by atoms with Crippen molar-refractivity contribution >= 4 is 17.1 Å². The number of aromatic nitrogens is 4. The van der Waals surface area contributed by atoms with Gasteiger partial charge in [0.1, 0.15) is 11.6 Å². The van der Waals surface area contributed by atoms with Crippen molar-refractivity contribution in [3.63, 3.8) is 0 Å². The van der Waals surface area contributed by atoms with Gasteiger partial charge in [0.25, 0.3) is 0 Å². The van der Waals surface area contributed by atoms with Gasteiger partial charge in [-0.05, 0) is 31.4 Å². The molecule has 8 nitrogen and oxygen atoms in total. The second kappa shape index (κ2) is 6.62. The molecule has 5 rings (SSSR count). The molecule has 0 saturated heterocycles. The van der Waals surface area contributed by atoms with Gasteiger partial charge in [0, 0.05) is 18.5 Å². The summed E-state index contributed by atoms with van der Waals surface area (Å²) in [5, 5.41) is 24.0. The molecule has 0 spiro atoms. The van der Waals surface area contributed by atoms with E-state index in [0.29, 0.717) is 29.1 Å². The van der Waals surface area contributed by atoms with Crippen molar-refractivity contribution < 1.29 is 15.0 Å². The summed E-state index contributed by atoms with van der Waals surface area (Å²) in [6.45, 7) is 1.83. The lowest BCUT2D eigenvalue weighted by Gasteiger charge is -2.23. The summed E-state index contributed by atoms with van der Waals surface area (Å²) in [5.41, 5.74) is 1.73. The van der Waals surface area contributed by atoms with Crippen LogP contribution in [0.15, 0.2) is 36.7 Å². The van der Waals surface area contributed by atoms with Gasteiger partial charge in [-0.25, -0.2) is 15.0 Å². The lowest BCUT2D eigenvalue weighted by atomic mass is 9.98. The number of nitrogens with one attached hydrogen (secondary N) is 1. The number of hydrogen-bond donors (Lipinski definition) is 3. The summed E-state index contributed by atoms with van der Waals surface area (Å²) in [5.74, 6) is 5.96. The van der Waals surface area contributed by atoms with E-state index in [2.05, 4.69) is 32.1 Å². The highest BCUT2D eigenvalue weighted by Gasteiger charge is 2.75. The van der Waals surface area contributed by atoms with E-state index in [9.17, 15) is 15.0 Å². The Balaban J connectivity index is 1.56. The molecule has 2 unspecified atom stereocenters. The average molecular weight is 403 g/mol. The maximum atomic E-state index is 12.4. The Labute approximate surface area is 173 Å². The van der Waals surface area contributed by atoms with Crippen molar-refractivity contribution in [2.24, 2.45) is 11.3 Å². The molecule has 3 N–H and O–H groups in total. The number of benzene rings is 1. The summed E-state index contributed by atoms with van der Waals surface area (Å²) in [7, 11) is 1.54. The second-order valence-electron chi connectivity index (χ2n) is 7.93. The van der Waals surface area contributed by atoms with Crippen LogP contribution in [0.4, 0.5) is 0 Å². The summed E-state index contributed by atoms with van der Waals surface area (Å²) >= 11 is 0. The molecule has 2 aliphatic rings. The van der Waals surface area contributed by atoms with Crippen LogP contribution in [0.3, 0.4) is 0 Å². The van der Waals surface area contributed by atoms with Crippen LogP contribution < -0.4 is 5.32 Å². The Hall–Kier alpha value is -3.28. The molecule has 2 heterocycles. The number of amides is 1. The molecule has 2 aromatic heterocycles. The Bertz CT molecular complexity index is 1210. The zero-order valence-corrected chi connectivity index (χ0v) is 16.6. The summed E-state index contributed by atoms with van der Waals surface area (Å²) < 4.78 is 1.76. The Morgan fingerprint density at radius 2 is 2.00 bits per heavy atom. The van der Waals surface area contributed by atoms with E-state index in [0.717, 1.165) is 5.56 Å². The zero-order valence-electron chi connectivity index (χ0n) is 16.6. The molecule has 0 bridgehead atoms. The number of aliphatic hydroxyl groups is 2. The number of rotatable bonds is 2. The van der Waals surface area contributed by atoms with Gasteiger partial charge in [-0.1, -0.05) is 24.1 Å². The minimum Gasteiger partial charge on any atom is -0.389 e. The van der Waals surface area contributed by atoms with E-state index in [1.54, 1.807) is 17.9 Å². The van der Waals surface area contributed by atoms with Crippen molar-refractivity contribution in [3.05, 3.63) is 53.7 Å². The number of hydrogen-bond acceptors (Lipinski definition) is 6. The van der Waals surface area contributed by atoms with E-state index < -0.39 is 23.7 Å². The maximum Gasteiger partial charge on any atom is 0.229 e. The smallest absolute Gasteiger partial charge is 0.229 e. The van der Waals surface area contributed by atoms with Crippen LogP contribution in [0.5, 0.6) is 0 Å². The third kappa shape index (κ3) is 2.56. The van der Waals surface area contributed by atoms with Gasteiger partial charge in [0.05, 0.1) is 29.6 Å². The van der Waals surface area contributed by atoms with Crippen molar-refractivity contribution in [2.45, 2.75) is 31.6 Å². The molecule has 1 aromatic carbocycles. The van der Waals surface area contributed by atoms with Crippen molar-refractivity contribution in [3.8, 4) is 11.8 Å². The number of carbonyl (C=O) groups is 1. The third-order valence-electron chi connectivity index (χ3n) is 6.33. The SMILES string of the molecule is CNC(=O)C12CC1[C@@H](n1cnc3c(C)nc(C#Cc4ccccc4)nc31)[C@H](O)[C@@H]2O. The normalized spacial score (nSPS) is 29.2. The molecular formula is C22H21N5O3. The molecule has 152 valence electrons. The largest absolute Gasteiger partial charge is 0.389 e. The van der Waals surface area contributed by atoms with Gasteiger partial charge in [-0.3, -0.25) is 4.79 Å². The fourth-order valence-corrected chi connectivity index (χ4v) is 4.77. The van der Waals surface area contributed by atoms with Crippen LogP contribution in [0, 0.1) is 30.1 Å². The Morgan fingerprint density at radius 3 is 2.73 bits per heavy atom. The quantitative estimate of drug-likeness (QED) is 0.539. The monoisotopic (exact) mass is 403 g/mol. The van der Waals surface area contributed by atoms with Gasteiger partial charge >= 0.3 is 0 Å². The number of imidazole rings is 1. The average Bonchev–Trinajstić information content (AvgIpc) is 3.29. The topological polar surface area (TPSA) is 113 Å². The highest BCUT2D eigenvalue weighted by Crippen LogP contribution is 2.67. The van der Waals surface area contributed by atoms with E-state index in [4.69, 9.17) is 0 Å². The van der Waals surface area contributed by atoms with Crippen molar-refractivity contribution in [1.29, 1.82) is 0 Å². The molecule has 1 amide bonds. The van der Waals surface area contributed by atoms with Crippen LogP contribution in [-0.2, 0) is 4.79 Å². The van der Waals surface area contributed by atoms with Crippen LogP contribution in [0.1, 0.15) is 29.5 Å². The molecular weight excluding hydrogens is 382 g/mol. The van der Waals surface area contributed by atoms with Crippen molar-refractivity contribution in [1.82, 2.24) is 24.8 Å². The minimum absolute atomic E-state index is 0.186. The number of fused-ring (bicyclic) bond motifs is 2. The highest BCUT2D eigenvalue weighted by atomic mass is 16.3. The van der Waals surface area contributed by atoms with Crippen LogP contribution in [-0.4, -0.2) is 54.9 Å². The summed E-state index contributed by atoms with van der Waals surface area (Å²) in [6, 6.07) is 9.07. The summed E-state index contributed by atoms with van der Waals surface area (Å²) in [4.78, 5) is 25.8. The molecule has 0 radical (unpaired) electrons. The standard InChI is InChI=1S/C22H21N5O3/c1-12-16-20(26-15(25-12)9-8-13-6-4-3-5-7-13)27(11-24-16)17-14-10-22(14,21(30)23-2)19(29)18(17)28/h3-7,11,14,17-19,28-29H,10H2,1-2H3,(H,23,30)/t14?,17-,18+,19+,22?/m1/s1. The molecule has 2 aliphatic carbocycles.